The van der Waals surface area contributed by atoms with Gasteiger partial charge in [0.2, 0.25) is 11.8 Å². The van der Waals surface area contributed by atoms with E-state index in [0.29, 0.717) is 41.4 Å². The van der Waals surface area contributed by atoms with Crippen molar-refractivity contribution in [1.82, 2.24) is 30.4 Å². The van der Waals surface area contributed by atoms with Crippen molar-refractivity contribution in [3.63, 3.8) is 0 Å². The molecule has 0 spiro atoms. The quantitative estimate of drug-likeness (QED) is 0.0567. The topological polar surface area (TPSA) is 196 Å². The maximum absolute atomic E-state index is 14.5. The average molecular weight is 1080 g/mol. The number of H-pyrrole nitrogens is 1. The minimum atomic E-state index is -0.903. The Morgan fingerprint density at radius 2 is 1.58 bits per heavy atom. The summed E-state index contributed by atoms with van der Waals surface area (Å²) in [6.07, 6.45) is 0.979. The molecule has 4 aromatic carbocycles. The van der Waals surface area contributed by atoms with Crippen LogP contribution in [0.25, 0.3) is 21.6 Å². The van der Waals surface area contributed by atoms with Gasteiger partial charge in [-0.3, -0.25) is 24.0 Å². The molecule has 17 heteroatoms. The van der Waals surface area contributed by atoms with Gasteiger partial charge in [-0.05, 0) is 142 Å². The summed E-state index contributed by atoms with van der Waals surface area (Å²) < 4.78 is 17.9. The number of anilines is 1. The Morgan fingerprint density at radius 1 is 0.885 bits per heavy atom. The van der Waals surface area contributed by atoms with E-state index in [-0.39, 0.29) is 86.5 Å². The first-order valence-corrected chi connectivity index (χ1v) is 27.9. The number of β-amino-alcohol motifs (C(OH)–C–C–N with tert-alkyl or cyclic N) is 1. The second-order valence-corrected chi connectivity index (χ2v) is 22.0. The van der Waals surface area contributed by atoms with Gasteiger partial charge in [0.05, 0.1) is 28.2 Å². The molecule has 0 unspecified atom stereocenters. The van der Waals surface area contributed by atoms with E-state index >= 15 is 0 Å². The number of nitrogens with one attached hydrogen (secondary N) is 3. The van der Waals surface area contributed by atoms with Crippen LogP contribution in [0.3, 0.4) is 0 Å². The molecule has 9 rings (SSSR count). The van der Waals surface area contributed by atoms with E-state index in [2.05, 4.69) is 38.5 Å². The number of hydrogen-bond acceptors (Lipinski definition) is 12. The number of hydrogen-bond donors (Lipinski definition) is 4. The fourth-order valence-corrected chi connectivity index (χ4v) is 12.0. The van der Waals surface area contributed by atoms with E-state index in [0.717, 1.165) is 80.3 Å². The molecular formula is C61H71N7O9S. The van der Waals surface area contributed by atoms with Gasteiger partial charge >= 0.3 is 0 Å². The van der Waals surface area contributed by atoms with Crippen LogP contribution in [0, 0.1) is 33.6 Å². The number of carbonyl (C=O) groups is 4. The molecule has 0 saturated carbocycles. The molecule has 2 saturated heterocycles. The second-order valence-electron chi connectivity index (χ2n) is 21.1. The molecule has 0 bridgehead atoms. The van der Waals surface area contributed by atoms with Crippen LogP contribution in [-0.2, 0) is 27.4 Å². The van der Waals surface area contributed by atoms with Crippen LogP contribution in [0.4, 0.5) is 5.69 Å². The maximum Gasteiger partial charge on any atom is 0.255 e. The van der Waals surface area contributed by atoms with Crippen molar-refractivity contribution in [3.8, 4) is 33.1 Å². The lowest BCUT2D eigenvalue weighted by atomic mass is 9.95. The molecule has 2 fully saturated rings. The molecule has 3 aliphatic rings. The number of likely N-dealkylation sites (tertiary alicyclic amines) is 1. The van der Waals surface area contributed by atoms with Crippen LogP contribution in [0.15, 0.2) is 95.2 Å². The maximum atomic E-state index is 14.5. The summed E-state index contributed by atoms with van der Waals surface area (Å²) in [6, 6.07) is 25.1. The number of benzene rings is 4. The molecule has 3 aliphatic heterocycles. The van der Waals surface area contributed by atoms with Crippen molar-refractivity contribution >= 4 is 40.7 Å². The van der Waals surface area contributed by atoms with Crippen molar-refractivity contribution in [2.45, 2.75) is 118 Å². The van der Waals surface area contributed by atoms with Crippen molar-refractivity contribution in [2.75, 3.05) is 44.4 Å². The highest BCUT2D eigenvalue weighted by Crippen LogP contribution is 2.36. The standard InChI is InChI=1S/C61H71N7O9S/c1-9-66(46-20-22-75-23-21-46)53-28-45(27-50(38(53)6)57(70)62-31-52-36(4)26-37(5)64-58(52)71)42-14-17-48(18-15-42)76-24-25-77-49-19-16-44-32-68(60(73)51(44)30-49)55(35(2)3)61(74)67-33-47(69)29-54(67)59(72)65-39(7)41-10-12-43(13-11-41)56-40(8)63-34-78-56/h10-19,26-28,30,34-35,39,46-47,54-55,69H,9,20-25,29,31-33H2,1-8H3,(H,62,70)(H,64,71)(H,65,72)/t39-,47+,54-,55-/m0/s1. The van der Waals surface area contributed by atoms with Gasteiger partial charge < -0.3 is 49.6 Å². The van der Waals surface area contributed by atoms with E-state index in [4.69, 9.17) is 14.2 Å². The van der Waals surface area contributed by atoms with Crippen molar-refractivity contribution in [1.29, 1.82) is 0 Å². The van der Waals surface area contributed by atoms with Crippen molar-refractivity contribution in [3.05, 3.63) is 151 Å². The van der Waals surface area contributed by atoms with Crippen LogP contribution < -0.4 is 30.6 Å². The number of nitrogens with zero attached hydrogens (tertiary/aromatic N) is 4. The first-order chi connectivity index (χ1) is 37.5. The Labute approximate surface area is 460 Å². The van der Waals surface area contributed by atoms with Crippen molar-refractivity contribution < 1.29 is 38.5 Å². The second kappa shape index (κ2) is 24.1. The van der Waals surface area contributed by atoms with Gasteiger partial charge in [-0.15, -0.1) is 11.3 Å². The number of amides is 4. The highest BCUT2D eigenvalue weighted by atomic mass is 32.1. The minimum absolute atomic E-state index is 0.0126. The molecular weight excluding hydrogens is 1010 g/mol. The number of rotatable bonds is 19. The normalized spacial score (nSPS) is 17.2. The first-order valence-electron chi connectivity index (χ1n) is 27.0. The molecule has 4 amide bonds. The van der Waals surface area contributed by atoms with Crippen LogP contribution in [-0.4, -0.2) is 112 Å². The van der Waals surface area contributed by atoms with Gasteiger partial charge in [0.25, 0.3) is 17.4 Å². The zero-order valence-electron chi connectivity index (χ0n) is 45.8. The number of fused-ring (bicyclic) bond motifs is 1. The van der Waals surface area contributed by atoms with E-state index in [1.807, 2.05) is 121 Å². The van der Waals surface area contributed by atoms with Gasteiger partial charge in [0, 0.05) is 79.9 Å². The number of aromatic nitrogens is 2. The van der Waals surface area contributed by atoms with Crippen LogP contribution in [0.5, 0.6) is 11.5 Å². The van der Waals surface area contributed by atoms with Gasteiger partial charge in [-0.2, -0.15) is 0 Å². The number of aliphatic hydroxyl groups is 1. The Hall–Kier alpha value is -7.34. The van der Waals surface area contributed by atoms with E-state index in [1.165, 1.54) is 4.90 Å². The smallest absolute Gasteiger partial charge is 0.255 e. The first kappa shape index (κ1) is 55.4. The summed E-state index contributed by atoms with van der Waals surface area (Å²) in [5, 5.41) is 16.9. The molecule has 2 aromatic heterocycles. The van der Waals surface area contributed by atoms with E-state index in [1.54, 1.807) is 28.4 Å². The number of carbonyl (C=O) groups excluding carboxylic acids is 4. The zero-order valence-corrected chi connectivity index (χ0v) is 46.6. The Balaban J connectivity index is 0.820. The fourth-order valence-electron chi connectivity index (χ4n) is 11.2. The molecule has 78 heavy (non-hydrogen) atoms. The molecule has 16 nitrogen and oxygen atoms in total. The van der Waals surface area contributed by atoms with Crippen LogP contribution in [0.1, 0.15) is 113 Å². The molecule has 4 N–H and O–H groups in total. The van der Waals surface area contributed by atoms with Gasteiger partial charge in [-0.1, -0.05) is 56.3 Å². The highest BCUT2D eigenvalue weighted by molar-refractivity contribution is 7.13. The van der Waals surface area contributed by atoms with Gasteiger partial charge in [0.15, 0.2) is 0 Å². The molecule has 5 heterocycles. The zero-order chi connectivity index (χ0) is 55.4. The van der Waals surface area contributed by atoms with Gasteiger partial charge in [0.1, 0.15) is 36.8 Å². The molecule has 0 radical (unpaired) electrons. The average Bonchev–Trinajstić information content (AvgIpc) is 4.24. The van der Waals surface area contributed by atoms with E-state index < -0.39 is 18.2 Å². The molecule has 0 aliphatic carbocycles. The summed E-state index contributed by atoms with van der Waals surface area (Å²) in [4.78, 5) is 83.1. The number of ether oxygens (including phenoxy) is 3. The van der Waals surface area contributed by atoms with E-state index in [9.17, 15) is 29.1 Å². The summed E-state index contributed by atoms with van der Waals surface area (Å²) in [7, 11) is 0. The SMILES string of the molecule is CCN(c1cc(-c2ccc(OCCOc3ccc4c(c3)C(=O)N([C@H](C(=O)N3C[C@H](O)C[C@H]3C(=O)N[C@@H](C)c3ccc(-c5scnc5C)cc3)C(C)C)C4)cc2)cc(C(=O)NCc2c(C)cc(C)[nH]c2=O)c1C)C1CCOCC1. The number of thiazole rings is 1. The summed E-state index contributed by atoms with van der Waals surface area (Å²) >= 11 is 1.58. The number of aliphatic hydroxyl groups excluding tert-OH is 1. The third kappa shape index (κ3) is 12.0. The predicted molar refractivity (Wildman–Crippen MR) is 302 cm³/mol. The van der Waals surface area contributed by atoms with Crippen LogP contribution in [0.2, 0.25) is 0 Å². The minimum Gasteiger partial charge on any atom is -0.490 e. The lowest BCUT2D eigenvalue weighted by Gasteiger charge is -2.37. The predicted octanol–water partition coefficient (Wildman–Crippen LogP) is 8.61. The molecule has 410 valence electrons. The lowest BCUT2D eigenvalue weighted by Crippen LogP contribution is -2.55. The third-order valence-corrected chi connectivity index (χ3v) is 16.4. The Bertz CT molecular complexity index is 3220. The number of aromatic amines is 1. The number of pyridine rings is 1. The van der Waals surface area contributed by atoms with Crippen LogP contribution >= 0.6 is 11.3 Å². The summed E-state index contributed by atoms with van der Waals surface area (Å²) in [5.41, 5.74) is 12.0. The number of aryl methyl sites for hydroxylation is 3. The highest BCUT2D eigenvalue weighted by Gasteiger charge is 2.46. The molecule has 4 atom stereocenters. The Kier molecular flexibility index (Phi) is 17.1. The largest absolute Gasteiger partial charge is 0.490 e. The summed E-state index contributed by atoms with van der Waals surface area (Å²) in [5.74, 6) is -0.497. The van der Waals surface area contributed by atoms with Gasteiger partial charge in [-0.25, -0.2) is 4.98 Å². The fraction of sp³-hybridized carbons (Fsp3) is 0.410. The van der Waals surface area contributed by atoms with Crippen molar-refractivity contribution in [2.24, 2.45) is 5.92 Å². The lowest BCUT2D eigenvalue weighted by molar-refractivity contribution is -0.143. The Morgan fingerprint density at radius 3 is 2.24 bits per heavy atom. The monoisotopic (exact) mass is 1080 g/mol. The summed E-state index contributed by atoms with van der Waals surface area (Å²) in [6.45, 7) is 18.3. The third-order valence-electron chi connectivity index (χ3n) is 15.4. The molecule has 6 aromatic rings.